The average molecular weight is 217 g/mol. The zero-order valence-electron chi connectivity index (χ0n) is 9.45. The number of aryl methyl sites for hydroxylation is 1. The number of hydrogen-bond acceptors (Lipinski definition) is 2. The first kappa shape index (κ1) is 10.7. The van der Waals surface area contributed by atoms with E-state index in [2.05, 4.69) is 15.6 Å². The minimum atomic E-state index is -0.313. The molecule has 0 radical (unpaired) electrons. The zero-order valence-corrected chi connectivity index (χ0v) is 9.45. The Balaban J connectivity index is 2.27. The van der Waals surface area contributed by atoms with Gasteiger partial charge in [-0.2, -0.15) is 0 Å². The van der Waals surface area contributed by atoms with E-state index in [9.17, 15) is 4.79 Å². The monoisotopic (exact) mass is 217 g/mol. The van der Waals surface area contributed by atoms with Crippen LogP contribution in [-0.2, 0) is 4.79 Å². The Morgan fingerprint density at radius 3 is 2.81 bits per heavy atom. The second-order valence-electron chi connectivity index (χ2n) is 3.75. The highest BCUT2D eigenvalue weighted by Gasteiger charge is 2.30. The summed E-state index contributed by atoms with van der Waals surface area (Å²) in [5.74, 6) is 0.530. The van der Waals surface area contributed by atoms with E-state index in [1.54, 1.807) is 0 Å². The fraction of sp³-hybridized carbons (Fsp3) is 0.333. The van der Waals surface area contributed by atoms with Crippen molar-refractivity contribution in [2.45, 2.75) is 19.9 Å². The first-order valence-corrected chi connectivity index (χ1v) is 5.39. The van der Waals surface area contributed by atoms with Gasteiger partial charge in [0.15, 0.2) is 5.96 Å². The maximum Gasteiger partial charge on any atom is 0.253 e. The Bertz CT molecular complexity index is 440. The van der Waals surface area contributed by atoms with Crippen molar-refractivity contribution in [3.05, 3.63) is 35.4 Å². The molecule has 2 N–H and O–H groups in total. The SMILES string of the molecule is CCN=C1NC(=O)C(c2ccccc2C)N1. The molecule has 16 heavy (non-hydrogen) atoms. The molecule has 1 heterocycles. The summed E-state index contributed by atoms with van der Waals surface area (Å²) in [5, 5.41) is 5.82. The van der Waals surface area contributed by atoms with Crippen molar-refractivity contribution in [3.63, 3.8) is 0 Å². The number of amides is 1. The molecule has 84 valence electrons. The number of carbonyl (C=O) groups is 1. The lowest BCUT2D eigenvalue weighted by Crippen LogP contribution is -2.25. The van der Waals surface area contributed by atoms with Gasteiger partial charge in [0.05, 0.1) is 0 Å². The molecule has 1 aromatic carbocycles. The van der Waals surface area contributed by atoms with Gasteiger partial charge >= 0.3 is 0 Å². The van der Waals surface area contributed by atoms with Gasteiger partial charge in [0, 0.05) is 6.54 Å². The van der Waals surface area contributed by atoms with Crippen LogP contribution in [0.3, 0.4) is 0 Å². The third-order valence-electron chi connectivity index (χ3n) is 2.60. The van der Waals surface area contributed by atoms with Crippen LogP contribution in [0.4, 0.5) is 0 Å². The third kappa shape index (κ3) is 1.91. The van der Waals surface area contributed by atoms with E-state index in [1.165, 1.54) is 0 Å². The maximum absolute atomic E-state index is 11.8. The van der Waals surface area contributed by atoms with E-state index in [-0.39, 0.29) is 11.9 Å². The molecule has 1 aliphatic heterocycles. The highest BCUT2D eigenvalue weighted by Crippen LogP contribution is 2.19. The van der Waals surface area contributed by atoms with Crippen LogP contribution >= 0.6 is 0 Å². The highest BCUT2D eigenvalue weighted by atomic mass is 16.2. The zero-order chi connectivity index (χ0) is 11.5. The van der Waals surface area contributed by atoms with Crippen molar-refractivity contribution in [2.75, 3.05) is 6.54 Å². The summed E-state index contributed by atoms with van der Waals surface area (Å²) in [6.07, 6.45) is 0. The van der Waals surface area contributed by atoms with Crippen LogP contribution in [0.15, 0.2) is 29.3 Å². The second-order valence-corrected chi connectivity index (χ2v) is 3.75. The molecule has 0 aliphatic carbocycles. The summed E-state index contributed by atoms with van der Waals surface area (Å²) in [6, 6.07) is 7.55. The Morgan fingerprint density at radius 2 is 2.12 bits per heavy atom. The highest BCUT2D eigenvalue weighted by molar-refractivity contribution is 6.06. The van der Waals surface area contributed by atoms with E-state index < -0.39 is 0 Å². The van der Waals surface area contributed by atoms with Gasteiger partial charge in [-0.1, -0.05) is 24.3 Å². The molecule has 1 aliphatic rings. The summed E-state index contributed by atoms with van der Waals surface area (Å²) in [5.41, 5.74) is 2.11. The lowest BCUT2D eigenvalue weighted by atomic mass is 10.0. The molecule has 1 aromatic rings. The van der Waals surface area contributed by atoms with Crippen LogP contribution in [0, 0.1) is 6.92 Å². The molecule has 1 atom stereocenters. The second kappa shape index (κ2) is 4.35. The first-order chi connectivity index (χ1) is 7.72. The summed E-state index contributed by atoms with van der Waals surface area (Å²) in [7, 11) is 0. The van der Waals surface area contributed by atoms with Crippen molar-refractivity contribution >= 4 is 11.9 Å². The number of guanidine groups is 1. The summed E-state index contributed by atoms with van der Waals surface area (Å²) in [4.78, 5) is 15.9. The van der Waals surface area contributed by atoms with Crippen molar-refractivity contribution in [3.8, 4) is 0 Å². The average Bonchev–Trinajstić information content (AvgIpc) is 2.61. The molecule has 0 bridgehead atoms. The number of nitrogens with one attached hydrogen (secondary N) is 2. The minimum Gasteiger partial charge on any atom is -0.340 e. The molecule has 1 fully saturated rings. The summed E-state index contributed by atoms with van der Waals surface area (Å²) >= 11 is 0. The first-order valence-electron chi connectivity index (χ1n) is 5.39. The van der Waals surface area contributed by atoms with Crippen LogP contribution in [0.25, 0.3) is 0 Å². The molecule has 1 saturated heterocycles. The Morgan fingerprint density at radius 1 is 1.38 bits per heavy atom. The van der Waals surface area contributed by atoms with Crippen LogP contribution in [-0.4, -0.2) is 18.4 Å². The summed E-state index contributed by atoms with van der Waals surface area (Å²) < 4.78 is 0. The molecule has 2 rings (SSSR count). The molecule has 0 spiro atoms. The topological polar surface area (TPSA) is 53.5 Å². The lowest BCUT2D eigenvalue weighted by Gasteiger charge is -2.10. The van der Waals surface area contributed by atoms with E-state index in [1.807, 2.05) is 38.1 Å². The molecule has 4 nitrogen and oxygen atoms in total. The molecule has 4 heteroatoms. The molecular weight excluding hydrogens is 202 g/mol. The number of hydrogen-bond donors (Lipinski definition) is 2. The Hall–Kier alpha value is -1.84. The predicted octanol–water partition coefficient (Wildman–Crippen LogP) is 1.13. The van der Waals surface area contributed by atoms with Crippen LogP contribution in [0.5, 0.6) is 0 Å². The Labute approximate surface area is 94.8 Å². The van der Waals surface area contributed by atoms with E-state index in [0.29, 0.717) is 12.5 Å². The number of carbonyl (C=O) groups excluding carboxylic acids is 1. The van der Waals surface area contributed by atoms with Crippen LogP contribution in [0.1, 0.15) is 24.1 Å². The third-order valence-corrected chi connectivity index (χ3v) is 2.60. The quantitative estimate of drug-likeness (QED) is 0.780. The molecule has 1 unspecified atom stereocenters. The van der Waals surface area contributed by atoms with Crippen molar-refractivity contribution in [1.82, 2.24) is 10.6 Å². The number of nitrogens with zero attached hydrogens (tertiary/aromatic N) is 1. The molecule has 0 aromatic heterocycles. The van der Waals surface area contributed by atoms with Gasteiger partial charge in [-0.15, -0.1) is 0 Å². The van der Waals surface area contributed by atoms with Gasteiger partial charge < -0.3 is 5.32 Å². The van der Waals surface area contributed by atoms with Crippen molar-refractivity contribution in [2.24, 2.45) is 4.99 Å². The maximum atomic E-state index is 11.8. The lowest BCUT2D eigenvalue weighted by molar-refractivity contribution is -0.120. The predicted molar refractivity (Wildman–Crippen MR) is 63.2 cm³/mol. The molecular formula is C12H15N3O. The minimum absolute atomic E-state index is 0.0403. The fourth-order valence-corrected chi connectivity index (χ4v) is 1.80. The number of aliphatic imine (C=N–C) groups is 1. The molecule has 0 saturated carbocycles. The van der Waals surface area contributed by atoms with Gasteiger partial charge in [0.1, 0.15) is 6.04 Å². The number of rotatable bonds is 2. The largest absolute Gasteiger partial charge is 0.340 e. The van der Waals surface area contributed by atoms with Gasteiger partial charge in [0.25, 0.3) is 5.91 Å². The Kier molecular flexibility index (Phi) is 2.90. The number of benzene rings is 1. The van der Waals surface area contributed by atoms with Gasteiger partial charge in [-0.05, 0) is 25.0 Å². The van der Waals surface area contributed by atoms with Gasteiger partial charge in [0.2, 0.25) is 0 Å². The van der Waals surface area contributed by atoms with Crippen LogP contribution < -0.4 is 10.6 Å². The van der Waals surface area contributed by atoms with E-state index in [0.717, 1.165) is 11.1 Å². The van der Waals surface area contributed by atoms with Gasteiger partial charge in [-0.25, -0.2) is 0 Å². The molecule has 1 amide bonds. The van der Waals surface area contributed by atoms with E-state index >= 15 is 0 Å². The van der Waals surface area contributed by atoms with E-state index in [4.69, 9.17) is 0 Å². The van der Waals surface area contributed by atoms with Crippen molar-refractivity contribution < 1.29 is 4.79 Å². The fourth-order valence-electron chi connectivity index (χ4n) is 1.80. The smallest absolute Gasteiger partial charge is 0.253 e. The van der Waals surface area contributed by atoms with Crippen molar-refractivity contribution in [1.29, 1.82) is 0 Å². The standard InChI is InChI=1S/C12H15N3O/c1-3-13-12-14-10(11(16)15-12)9-7-5-4-6-8(9)2/h4-7,10H,3H2,1-2H3,(H2,13,14,15,16). The normalized spacial score (nSPS) is 22.0. The van der Waals surface area contributed by atoms with Gasteiger partial charge in [-0.3, -0.25) is 15.1 Å². The summed E-state index contributed by atoms with van der Waals surface area (Å²) in [6.45, 7) is 4.59. The van der Waals surface area contributed by atoms with Crippen LogP contribution in [0.2, 0.25) is 0 Å².